The molecule has 0 atom stereocenters. The number of nitrogens with zero attached hydrogens (tertiary/aromatic N) is 1. The summed E-state index contributed by atoms with van der Waals surface area (Å²) < 4.78 is 0. The summed E-state index contributed by atoms with van der Waals surface area (Å²) in [5, 5.41) is 2.75. The van der Waals surface area contributed by atoms with Crippen LogP contribution in [0.4, 0.5) is 17.1 Å². The van der Waals surface area contributed by atoms with Gasteiger partial charge in [-0.05, 0) is 54.6 Å². The predicted octanol–water partition coefficient (Wildman–Crippen LogP) is 3.32. The van der Waals surface area contributed by atoms with Crippen LogP contribution in [0.1, 0.15) is 31.1 Å². The minimum atomic E-state index is -0.368. The van der Waals surface area contributed by atoms with E-state index in [-0.39, 0.29) is 17.7 Å². The first kappa shape index (κ1) is 16.5. The molecule has 132 valence electrons. The molecule has 0 aromatic heterocycles. The van der Waals surface area contributed by atoms with Crippen molar-refractivity contribution in [1.82, 2.24) is 0 Å². The van der Waals surface area contributed by atoms with Crippen molar-refractivity contribution in [3.8, 4) is 0 Å². The Kier molecular flexibility index (Phi) is 3.93. The van der Waals surface area contributed by atoms with E-state index in [1.54, 1.807) is 72.8 Å². The van der Waals surface area contributed by atoms with Gasteiger partial charge in [-0.25, -0.2) is 4.90 Å². The van der Waals surface area contributed by atoms with E-state index in [4.69, 9.17) is 5.73 Å². The number of fused-ring (bicyclic) bond motifs is 1. The summed E-state index contributed by atoms with van der Waals surface area (Å²) in [4.78, 5) is 38.5. The Hall–Kier alpha value is -3.93. The van der Waals surface area contributed by atoms with Crippen molar-refractivity contribution in [3.05, 3.63) is 89.5 Å². The normalized spacial score (nSPS) is 12.8. The summed E-state index contributed by atoms with van der Waals surface area (Å²) in [5.74, 6) is -1.05. The maximum absolute atomic E-state index is 12.5. The third-order valence-electron chi connectivity index (χ3n) is 4.33. The zero-order chi connectivity index (χ0) is 19.0. The Morgan fingerprint density at radius 3 is 2.04 bits per heavy atom. The van der Waals surface area contributed by atoms with Crippen LogP contribution < -0.4 is 16.0 Å². The highest BCUT2D eigenvalue weighted by atomic mass is 16.2. The molecule has 0 spiro atoms. The summed E-state index contributed by atoms with van der Waals surface area (Å²) in [6.45, 7) is 0. The van der Waals surface area contributed by atoms with Gasteiger partial charge >= 0.3 is 0 Å². The lowest BCUT2D eigenvalue weighted by Crippen LogP contribution is -2.29. The molecule has 0 saturated heterocycles. The molecule has 0 aliphatic carbocycles. The Labute approximate surface area is 155 Å². The molecule has 0 fully saturated rings. The minimum absolute atomic E-state index is 0.311. The Bertz CT molecular complexity index is 1040. The maximum atomic E-state index is 12.5. The first-order valence-corrected chi connectivity index (χ1v) is 8.29. The number of nitrogen functional groups attached to an aromatic ring is 1. The highest BCUT2D eigenvalue weighted by Gasteiger charge is 2.36. The van der Waals surface area contributed by atoms with E-state index in [2.05, 4.69) is 5.32 Å². The van der Waals surface area contributed by atoms with Crippen molar-refractivity contribution in [1.29, 1.82) is 0 Å². The maximum Gasteiger partial charge on any atom is 0.266 e. The van der Waals surface area contributed by atoms with Crippen LogP contribution in [-0.4, -0.2) is 17.7 Å². The van der Waals surface area contributed by atoms with Gasteiger partial charge in [0, 0.05) is 16.9 Å². The molecule has 0 unspecified atom stereocenters. The number of hydrogen-bond acceptors (Lipinski definition) is 4. The number of hydrogen-bond donors (Lipinski definition) is 2. The van der Waals surface area contributed by atoms with Crippen molar-refractivity contribution in [2.45, 2.75) is 0 Å². The molecule has 3 N–H and O–H groups in total. The Balaban J connectivity index is 1.55. The van der Waals surface area contributed by atoms with Crippen LogP contribution in [0.25, 0.3) is 0 Å². The third kappa shape index (κ3) is 2.93. The molecule has 0 radical (unpaired) electrons. The molecule has 6 heteroatoms. The average molecular weight is 357 g/mol. The minimum Gasteiger partial charge on any atom is -0.399 e. The van der Waals surface area contributed by atoms with Crippen molar-refractivity contribution in [2.24, 2.45) is 0 Å². The second kappa shape index (κ2) is 6.42. The largest absolute Gasteiger partial charge is 0.399 e. The molecule has 0 bridgehead atoms. The van der Waals surface area contributed by atoms with Crippen LogP contribution in [0.3, 0.4) is 0 Å². The van der Waals surface area contributed by atoms with Crippen LogP contribution in [0.2, 0.25) is 0 Å². The standard InChI is InChI=1S/C21H15N3O3/c22-14-4-3-5-15(12-14)23-19(25)13-8-10-16(11-9-13)24-20(26)17-6-1-2-7-18(17)21(24)27/h1-12H,22H2,(H,23,25). The molecule has 1 aliphatic rings. The number of carbonyl (C=O) groups excluding carboxylic acids is 3. The molecule has 3 amide bonds. The zero-order valence-corrected chi connectivity index (χ0v) is 14.2. The summed E-state index contributed by atoms with van der Waals surface area (Å²) in [6.07, 6.45) is 0. The van der Waals surface area contributed by atoms with Crippen molar-refractivity contribution >= 4 is 34.8 Å². The monoisotopic (exact) mass is 357 g/mol. The average Bonchev–Trinajstić information content (AvgIpc) is 2.93. The van der Waals surface area contributed by atoms with E-state index in [0.29, 0.717) is 33.8 Å². The lowest BCUT2D eigenvalue weighted by atomic mass is 10.1. The quantitative estimate of drug-likeness (QED) is 0.555. The molecule has 3 aromatic rings. The van der Waals surface area contributed by atoms with Crippen LogP contribution >= 0.6 is 0 Å². The van der Waals surface area contributed by atoms with Gasteiger partial charge < -0.3 is 11.1 Å². The topological polar surface area (TPSA) is 92.5 Å². The van der Waals surface area contributed by atoms with Gasteiger partial charge in [0.1, 0.15) is 0 Å². The van der Waals surface area contributed by atoms with E-state index >= 15 is 0 Å². The second-order valence-corrected chi connectivity index (χ2v) is 6.12. The van der Waals surface area contributed by atoms with Gasteiger partial charge in [-0.3, -0.25) is 14.4 Å². The Morgan fingerprint density at radius 1 is 0.815 bits per heavy atom. The zero-order valence-electron chi connectivity index (χ0n) is 14.2. The molecular weight excluding hydrogens is 342 g/mol. The Morgan fingerprint density at radius 2 is 1.44 bits per heavy atom. The lowest BCUT2D eigenvalue weighted by molar-refractivity contribution is 0.0925. The smallest absolute Gasteiger partial charge is 0.266 e. The molecule has 27 heavy (non-hydrogen) atoms. The van der Waals surface area contributed by atoms with Crippen molar-refractivity contribution in [2.75, 3.05) is 16.0 Å². The molecule has 3 aromatic carbocycles. The molecule has 0 saturated carbocycles. The van der Waals surface area contributed by atoms with E-state index in [0.717, 1.165) is 4.90 Å². The lowest BCUT2D eigenvalue weighted by Gasteiger charge is -2.14. The van der Waals surface area contributed by atoms with Gasteiger partial charge in [0.2, 0.25) is 0 Å². The molecule has 6 nitrogen and oxygen atoms in total. The highest BCUT2D eigenvalue weighted by Crippen LogP contribution is 2.28. The number of imide groups is 1. The highest BCUT2D eigenvalue weighted by molar-refractivity contribution is 6.34. The van der Waals surface area contributed by atoms with Gasteiger partial charge in [0.25, 0.3) is 17.7 Å². The fourth-order valence-corrected chi connectivity index (χ4v) is 3.01. The number of carbonyl (C=O) groups is 3. The summed E-state index contributed by atoms with van der Waals surface area (Å²) in [6, 6.07) is 19.9. The summed E-state index contributed by atoms with van der Waals surface area (Å²) in [7, 11) is 0. The van der Waals surface area contributed by atoms with Gasteiger partial charge in [-0.2, -0.15) is 0 Å². The van der Waals surface area contributed by atoms with Gasteiger partial charge in [-0.1, -0.05) is 18.2 Å². The number of nitrogens with one attached hydrogen (secondary N) is 1. The first-order chi connectivity index (χ1) is 13.0. The summed E-state index contributed by atoms with van der Waals surface area (Å²) >= 11 is 0. The number of nitrogens with two attached hydrogens (primary N) is 1. The third-order valence-corrected chi connectivity index (χ3v) is 4.33. The molecule has 1 aliphatic heterocycles. The van der Waals surface area contributed by atoms with E-state index in [1.165, 1.54) is 0 Å². The first-order valence-electron chi connectivity index (χ1n) is 8.29. The SMILES string of the molecule is Nc1cccc(NC(=O)c2ccc(N3C(=O)c4ccccc4C3=O)cc2)c1. The number of anilines is 3. The van der Waals surface area contributed by atoms with Crippen LogP contribution in [0.5, 0.6) is 0 Å². The van der Waals surface area contributed by atoms with Crippen LogP contribution in [0.15, 0.2) is 72.8 Å². The van der Waals surface area contributed by atoms with Crippen molar-refractivity contribution < 1.29 is 14.4 Å². The van der Waals surface area contributed by atoms with Gasteiger partial charge in [0.15, 0.2) is 0 Å². The van der Waals surface area contributed by atoms with Crippen molar-refractivity contribution in [3.63, 3.8) is 0 Å². The van der Waals surface area contributed by atoms with E-state index in [1.807, 2.05) is 0 Å². The van der Waals surface area contributed by atoms with Gasteiger partial charge in [0.05, 0.1) is 16.8 Å². The molecule has 4 rings (SSSR count). The van der Waals surface area contributed by atoms with Gasteiger partial charge in [-0.15, -0.1) is 0 Å². The van der Waals surface area contributed by atoms with E-state index in [9.17, 15) is 14.4 Å². The molecular formula is C21H15N3O3. The van der Waals surface area contributed by atoms with Crippen LogP contribution in [0, 0.1) is 0 Å². The second-order valence-electron chi connectivity index (χ2n) is 6.12. The van der Waals surface area contributed by atoms with E-state index < -0.39 is 0 Å². The predicted molar refractivity (Wildman–Crippen MR) is 103 cm³/mol. The number of rotatable bonds is 3. The summed E-state index contributed by atoms with van der Waals surface area (Å²) in [5.41, 5.74) is 8.42. The fraction of sp³-hybridized carbons (Fsp3) is 0. The number of amides is 3. The van der Waals surface area contributed by atoms with Crippen LogP contribution in [-0.2, 0) is 0 Å². The fourth-order valence-electron chi connectivity index (χ4n) is 3.01. The molecule has 1 heterocycles. The number of benzene rings is 3.